The van der Waals surface area contributed by atoms with Gasteiger partial charge in [0.2, 0.25) is 17.7 Å². The molecule has 4 fully saturated rings. The van der Waals surface area contributed by atoms with Gasteiger partial charge in [-0.05, 0) is 79.5 Å². The van der Waals surface area contributed by atoms with E-state index in [1.165, 1.54) is 10.5 Å². The van der Waals surface area contributed by atoms with Crippen molar-refractivity contribution in [1.29, 1.82) is 0 Å². The van der Waals surface area contributed by atoms with E-state index in [1.807, 2.05) is 24.3 Å². The maximum Gasteiger partial charge on any atom is 0.316 e. The first kappa shape index (κ1) is 22.0. The molecule has 0 N–H and O–H groups in total. The van der Waals surface area contributed by atoms with Crippen LogP contribution in [0, 0.1) is 29.6 Å². The van der Waals surface area contributed by atoms with E-state index >= 15 is 0 Å². The van der Waals surface area contributed by atoms with E-state index < -0.39 is 11.9 Å². The Morgan fingerprint density at radius 2 is 1.49 bits per heavy atom. The van der Waals surface area contributed by atoms with Crippen LogP contribution in [0.15, 0.2) is 48.5 Å². The van der Waals surface area contributed by atoms with Gasteiger partial charge >= 0.3 is 5.97 Å². The number of esters is 1. The van der Waals surface area contributed by atoms with Gasteiger partial charge < -0.3 is 9.64 Å². The Kier molecular flexibility index (Phi) is 5.24. The van der Waals surface area contributed by atoms with Crippen LogP contribution in [-0.4, -0.2) is 30.2 Å². The average molecular weight is 473 g/mol. The van der Waals surface area contributed by atoms with Gasteiger partial charge in [0, 0.05) is 18.7 Å². The number of hydrogen-bond acceptors (Lipinski definition) is 5. The highest BCUT2D eigenvalue weighted by Gasteiger charge is 2.61. The predicted molar refractivity (Wildman–Crippen MR) is 129 cm³/mol. The number of ether oxygens (including phenoxy) is 1. The average Bonchev–Trinajstić information content (AvgIpc) is 3.63. The lowest BCUT2D eigenvalue weighted by molar-refractivity contribution is -0.139. The highest BCUT2D eigenvalue weighted by Crippen LogP contribution is 2.56. The van der Waals surface area contributed by atoms with Gasteiger partial charge in [0.1, 0.15) is 5.75 Å². The largest absolute Gasteiger partial charge is 0.426 e. The molecule has 0 radical (unpaired) electrons. The molecular formula is C28H28N2O5. The predicted octanol–water partition coefficient (Wildman–Crippen LogP) is 3.74. The van der Waals surface area contributed by atoms with Crippen LogP contribution in [0.2, 0.25) is 0 Å². The Hall–Kier alpha value is -3.48. The molecule has 2 bridgehead atoms. The van der Waals surface area contributed by atoms with Gasteiger partial charge in [-0.3, -0.25) is 24.1 Å². The number of carbonyl (C=O) groups excluding carboxylic acids is 4. The molecule has 2 saturated heterocycles. The maximum absolute atomic E-state index is 13.0. The van der Waals surface area contributed by atoms with E-state index in [0.29, 0.717) is 23.3 Å². The summed E-state index contributed by atoms with van der Waals surface area (Å²) in [5.41, 5.74) is 2.49. The van der Waals surface area contributed by atoms with Gasteiger partial charge in [0.05, 0.1) is 23.4 Å². The monoisotopic (exact) mass is 472 g/mol. The van der Waals surface area contributed by atoms with Crippen LogP contribution < -0.4 is 14.5 Å². The fraction of sp³-hybridized carbons (Fsp3) is 0.429. The smallest absolute Gasteiger partial charge is 0.316 e. The first-order valence-electron chi connectivity index (χ1n) is 12.5. The summed E-state index contributed by atoms with van der Waals surface area (Å²) in [6, 6.07) is 14.3. The van der Waals surface area contributed by atoms with E-state index in [2.05, 4.69) is 6.92 Å². The molecule has 0 spiro atoms. The molecule has 0 aromatic heterocycles. The van der Waals surface area contributed by atoms with Gasteiger partial charge in [-0.2, -0.15) is 0 Å². The summed E-state index contributed by atoms with van der Waals surface area (Å²) in [4.78, 5) is 54.3. The molecule has 4 aliphatic rings. The van der Waals surface area contributed by atoms with Gasteiger partial charge in [0.25, 0.3) is 0 Å². The molecule has 2 saturated carbocycles. The van der Waals surface area contributed by atoms with Gasteiger partial charge in [-0.1, -0.05) is 19.1 Å². The van der Waals surface area contributed by atoms with E-state index in [9.17, 15) is 19.2 Å². The number of fused-ring (bicyclic) bond motifs is 5. The number of anilines is 2. The minimum Gasteiger partial charge on any atom is -0.426 e. The number of rotatable bonds is 5. The molecule has 180 valence electrons. The van der Waals surface area contributed by atoms with Crippen LogP contribution in [0.25, 0.3) is 0 Å². The minimum absolute atomic E-state index is 0.0894. The molecule has 2 aliphatic heterocycles. The minimum atomic E-state index is -0.551. The Morgan fingerprint density at radius 1 is 0.886 bits per heavy atom. The fourth-order valence-electron chi connectivity index (χ4n) is 6.55. The number of amides is 3. The molecule has 7 nitrogen and oxygen atoms in total. The van der Waals surface area contributed by atoms with Crippen LogP contribution in [-0.2, 0) is 25.6 Å². The van der Waals surface area contributed by atoms with Crippen molar-refractivity contribution in [2.45, 2.75) is 39.0 Å². The maximum atomic E-state index is 13.0. The van der Waals surface area contributed by atoms with Crippen molar-refractivity contribution in [2.24, 2.45) is 29.6 Å². The summed E-state index contributed by atoms with van der Waals surface area (Å²) in [7, 11) is 0. The molecule has 3 amide bonds. The highest BCUT2D eigenvalue weighted by molar-refractivity contribution is 6.22. The first-order valence-corrected chi connectivity index (χ1v) is 12.5. The zero-order valence-electron chi connectivity index (χ0n) is 19.7. The first-order chi connectivity index (χ1) is 16.9. The van der Waals surface area contributed by atoms with Crippen LogP contribution in [0.4, 0.5) is 11.4 Å². The quantitative estimate of drug-likeness (QED) is 0.376. The molecule has 0 unspecified atom stereocenters. The van der Waals surface area contributed by atoms with Crippen LogP contribution in [0.1, 0.15) is 38.2 Å². The Bertz CT molecular complexity index is 1180. The standard InChI is InChI=1S/C28H28N2O5/c1-2-16-3-7-20(8-4-16)29-15-19(14-23(29)31)28(34)35-22-11-9-21(10-12-22)30-26(32)24-17-5-6-18(13-17)25(24)27(30)33/h3-4,7-12,17-19,24-25H,2,5-6,13-15H2,1H3/t17-,18-,19+,24-,25+/m0/s1. The van der Waals surface area contributed by atoms with Crippen molar-refractivity contribution in [3.8, 4) is 5.75 Å². The Labute approximate surface area is 204 Å². The fourth-order valence-corrected chi connectivity index (χ4v) is 6.55. The number of benzene rings is 2. The van der Waals surface area contributed by atoms with Crippen LogP contribution in [0.3, 0.4) is 0 Å². The second kappa shape index (κ2) is 8.33. The van der Waals surface area contributed by atoms with Crippen LogP contribution >= 0.6 is 0 Å². The van der Waals surface area contributed by atoms with E-state index in [1.54, 1.807) is 29.2 Å². The zero-order chi connectivity index (χ0) is 24.3. The molecule has 5 atom stereocenters. The number of nitrogens with zero attached hydrogens (tertiary/aromatic N) is 2. The molecule has 2 aromatic carbocycles. The van der Waals surface area contributed by atoms with Gasteiger partial charge in [-0.15, -0.1) is 0 Å². The van der Waals surface area contributed by atoms with Crippen molar-refractivity contribution < 1.29 is 23.9 Å². The summed E-state index contributed by atoms with van der Waals surface area (Å²) < 4.78 is 5.55. The molecule has 7 heteroatoms. The lowest BCUT2D eigenvalue weighted by atomic mass is 9.81. The molecule has 35 heavy (non-hydrogen) atoms. The number of imide groups is 1. The van der Waals surface area contributed by atoms with E-state index in [0.717, 1.165) is 31.4 Å². The highest BCUT2D eigenvalue weighted by atomic mass is 16.5. The zero-order valence-corrected chi connectivity index (χ0v) is 19.7. The second-order valence-electron chi connectivity index (χ2n) is 10.2. The summed E-state index contributed by atoms with van der Waals surface area (Å²) in [5.74, 6) is -0.618. The molecule has 6 rings (SSSR count). The number of hydrogen-bond donors (Lipinski definition) is 0. The Balaban J connectivity index is 1.11. The molecule has 2 heterocycles. The van der Waals surface area contributed by atoms with E-state index in [4.69, 9.17) is 4.74 Å². The van der Waals surface area contributed by atoms with Crippen molar-refractivity contribution in [2.75, 3.05) is 16.3 Å². The summed E-state index contributed by atoms with van der Waals surface area (Å²) in [6.07, 6.45) is 4.11. The molecule has 2 aliphatic carbocycles. The molecular weight excluding hydrogens is 444 g/mol. The molecule has 2 aromatic rings. The van der Waals surface area contributed by atoms with Gasteiger partial charge in [-0.25, -0.2) is 0 Å². The summed E-state index contributed by atoms with van der Waals surface area (Å²) in [5, 5.41) is 0. The van der Waals surface area contributed by atoms with Crippen molar-refractivity contribution in [3.05, 3.63) is 54.1 Å². The topological polar surface area (TPSA) is 84.0 Å². The van der Waals surface area contributed by atoms with E-state index in [-0.39, 0.29) is 42.5 Å². The van der Waals surface area contributed by atoms with Crippen molar-refractivity contribution in [1.82, 2.24) is 0 Å². The third-order valence-electron chi connectivity index (χ3n) is 8.36. The normalized spacial score (nSPS) is 29.3. The number of aryl methyl sites for hydroxylation is 1. The van der Waals surface area contributed by atoms with Crippen LogP contribution in [0.5, 0.6) is 5.75 Å². The summed E-state index contributed by atoms with van der Waals surface area (Å²) in [6.45, 7) is 2.35. The van der Waals surface area contributed by atoms with Crippen molar-refractivity contribution >= 4 is 35.1 Å². The lowest BCUT2D eigenvalue weighted by Gasteiger charge is -2.19. The SMILES string of the molecule is CCc1ccc(N2C[C@H](C(=O)Oc3ccc(N4C(=O)[C@@H]5[C@H]6CC[C@@H](C6)[C@@H]5C4=O)cc3)CC2=O)cc1. The summed E-state index contributed by atoms with van der Waals surface area (Å²) >= 11 is 0. The Morgan fingerprint density at radius 3 is 2.09 bits per heavy atom. The number of carbonyl (C=O) groups is 4. The lowest BCUT2D eigenvalue weighted by Crippen LogP contribution is -2.32. The van der Waals surface area contributed by atoms with Crippen molar-refractivity contribution in [3.63, 3.8) is 0 Å². The second-order valence-corrected chi connectivity index (χ2v) is 10.2. The third-order valence-corrected chi connectivity index (χ3v) is 8.36. The van der Waals surface area contributed by atoms with Gasteiger partial charge in [0.15, 0.2) is 0 Å². The third kappa shape index (κ3) is 3.56.